The smallest absolute Gasteiger partial charge is 0.261 e. The molecule has 2 aromatic rings. The Labute approximate surface area is 127 Å². The molecule has 21 heavy (non-hydrogen) atoms. The van der Waals surface area contributed by atoms with Crippen LogP contribution in [0.25, 0.3) is 10.9 Å². The summed E-state index contributed by atoms with van der Waals surface area (Å²) in [5.74, 6) is 0.399. The molecule has 0 aliphatic carbocycles. The number of amides is 1. The molecule has 112 valence electrons. The highest BCUT2D eigenvalue weighted by Crippen LogP contribution is 2.22. The summed E-state index contributed by atoms with van der Waals surface area (Å²) in [4.78, 5) is 28.5. The topological polar surface area (TPSA) is 64.0 Å². The van der Waals surface area contributed by atoms with Crippen molar-refractivity contribution in [3.63, 3.8) is 0 Å². The molecular formula is C15H18ClN3O2. The van der Waals surface area contributed by atoms with Crippen LogP contribution in [0.1, 0.15) is 31.0 Å². The molecule has 1 atom stereocenters. The van der Waals surface area contributed by atoms with Gasteiger partial charge < -0.3 is 5.32 Å². The Morgan fingerprint density at radius 2 is 2.14 bits per heavy atom. The second-order valence-corrected chi connectivity index (χ2v) is 5.27. The van der Waals surface area contributed by atoms with Gasteiger partial charge in [0.1, 0.15) is 5.82 Å². The molecule has 1 aromatic heterocycles. The van der Waals surface area contributed by atoms with E-state index in [0.29, 0.717) is 23.1 Å². The summed E-state index contributed by atoms with van der Waals surface area (Å²) >= 11 is 6.29. The molecule has 0 saturated carbocycles. The molecular weight excluding hydrogens is 290 g/mol. The van der Waals surface area contributed by atoms with E-state index < -0.39 is 0 Å². The number of nitrogens with one attached hydrogen (secondary N) is 1. The fourth-order valence-corrected chi connectivity index (χ4v) is 2.33. The van der Waals surface area contributed by atoms with Crippen molar-refractivity contribution in [1.29, 1.82) is 0 Å². The average Bonchev–Trinajstić information content (AvgIpc) is 2.52. The molecule has 1 aromatic carbocycles. The summed E-state index contributed by atoms with van der Waals surface area (Å²) in [6, 6.07) is 7.16. The number of hydrogen-bond acceptors (Lipinski definition) is 3. The van der Waals surface area contributed by atoms with Gasteiger partial charge in [-0.3, -0.25) is 14.2 Å². The largest absolute Gasteiger partial charge is 0.359 e. The molecule has 0 fully saturated rings. The lowest BCUT2D eigenvalue weighted by Crippen LogP contribution is -2.29. The maximum atomic E-state index is 12.6. The van der Waals surface area contributed by atoms with Crippen molar-refractivity contribution in [2.75, 3.05) is 7.05 Å². The average molecular weight is 308 g/mol. The van der Waals surface area contributed by atoms with Crippen LogP contribution in [-0.4, -0.2) is 22.5 Å². The number of rotatable bonds is 5. The second kappa shape index (κ2) is 6.72. The van der Waals surface area contributed by atoms with E-state index in [-0.39, 0.29) is 29.8 Å². The molecule has 1 unspecified atom stereocenters. The highest BCUT2D eigenvalue weighted by molar-refractivity contribution is 6.20. The van der Waals surface area contributed by atoms with Gasteiger partial charge >= 0.3 is 0 Å². The first kappa shape index (κ1) is 15.5. The summed E-state index contributed by atoms with van der Waals surface area (Å²) in [5, 5.41) is 2.73. The molecule has 0 aliphatic rings. The number of carbonyl (C=O) groups excluding carboxylic acids is 1. The number of alkyl halides is 1. The molecule has 0 radical (unpaired) electrons. The predicted octanol–water partition coefficient (Wildman–Crippen LogP) is 2.22. The minimum atomic E-state index is -0.355. The van der Waals surface area contributed by atoms with Gasteiger partial charge in [-0.05, 0) is 18.6 Å². The lowest BCUT2D eigenvalue weighted by Gasteiger charge is -2.16. The zero-order valence-corrected chi connectivity index (χ0v) is 12.9. The van der Waals surface area contributed by atoms with E-state index in [4.69, 9.17) is 11.6 Å². The van der Waals surface area contributed by atoms with E-state index in [1.807, 2.05) is 13.0 Å². The molecule has 1 N–H and O–H groups in total. The number of hydrogen-bond donors (Lipinski definition) is 1. The van der Waals surface area contributed by atoms with Crippen molar-refractivity contribution in [2.45, 2.75) is 31.7 Å². The summed E-state index contributed by atoms with van der Waals surface area (Å²) in [6.07, 6.45) is 0.878. The Bertz CT molecular complexity index is 712. The molecule has 0 aliphatic heterocycles. The standard InChI is InChI=1S/C15H18ClN3O2/c1-3-11(16)14-18-12-7-5-4-6-10(12)15(21)19(14)9-8-13(20)17-2/h4-7,11H,3,8-9H2,1-2H3,(H,17,20). The molecule has 5 nitrogen and oxygen atoms in total. The van der Waals surface area contributed by atoms with Crippen LogP contribution < -0.4 is 10.9 Å². The molecule has 1 heterocycles. The lowest BCUT2D eigenvalue weighted by molar-refractivity contribution is -0.120. The summed E-state index contributed by atoms with van der Waals surface area (Å²) in [6.45, 7) is 2.21. The van der Waals surface area contributed by atoms with Gasteiger partial charge in [-0.15, -0.1) is 11.6 Å². The monoisotopic (exact) mass is 307 g/mol. The van der Waals surface area contributed by atoms with Crippen molar-refractivity contribution in [1.82, 2.24) is 14.9 Å². The first-order valence-corrected chi connectivity index (χ1v) is 7.36. The van der Waals surface area contributed by atoms with Gasteiger partial charge in [-0.1, -0.05) is 19.1 Å². The van der Waals surface area contributed by atoms with Crippen molar-refractivity contribution in [2.24, 2.45) is 0 Å². The SMILES string of the molecule is CCC(Cl)c1nc2ccccc2c(=O)n1CCC(=O)NC. The van der Waals surface area contributed by atoms with E-state index in [1.54, 1.807) is 25.2 Å². The number of benzene rings is 1. The van der Waals surface area contributed by atoms with Crippen LogP contribution in [0.4, 0.5) is 0 Å². The third-order valence-corrected chi connectivity index (χ3v) is 3.87. The Morgan fingerprint density at radius 1 is 1.43 bits per heavy atom. The first-order chi connectivity index (χ1) is 10.1. The van der Waals surface area contributed by atoms with Gasteiger partial charge in [0.2, 0.25) is 5.91 Å². The maximum Gasteiger partial charge on any atom is 0.261 e. The van der Waals surface area contributed by atoms with Crippen molar-refractivity contribution < 1.29 is 4.79 Å². The van der Waals surface area contributed by atoms with Crippen molar-refractivity contribution in [3.8, 4) is 0 Å². The number of carbonyl (C=O) groups is 1. The Kier molecular flexibility index (Phi) is 4.96. The van der Waals surface area contributed by atoms with Gasteiger partial charge in [0.15, 0.2) is 0 Å². The van der Waals surface area contributed by atoms with Gasteiger partial charge in [0.05, 0.1) is 16.3 Å². The van der Waals surface area contributed by atoms with E-state index >= 15 is 0 Å². The number of halogens is 1. The summed E-state index contributed by atoms with van der Waals surface area (Å²) in [5.41, 5.74) is 0.478. The summed E-state index contributed by atoms with van der Waals surface area (Å²) in [7, 11) is 1.57. The van der Waals surface area contributed by atoms with E-state index in [0.717, 1.165) is 0 Å². The number of fused-ring (bicyclic) bond motifs is 1. The van der Waals surface area contributed by atoms with E-state index in [2.05, 4.69) is 10.3 Å². The summed E-state index contributed by atoms with van der Waals surface area (Å²) < 4.78 is 1.51. The normalized spacial score (nSPS) is 12.3. The first-order valence-electron chi connectivity index (χ1n) is 6.92. The van der Waals surface area contributed by atoms with E-state index in [9.17, 15) is 9.59 Å². The van der Waals surface area contributed by atoms with E-state index in [1.165, 1.54) is 4.57 Å². The lowest BCUT2D eigenvalue weighted by atomic mass is 10.2. The minimum Gasteiger partial charge on any atom is -0.359 e. The fourth-order valence-electron chi connectivity index (χ4n) is 2.16. The van der Waals surface area contributed by atoms with Crippen molar-refractivity contribution in [3.05, 3.63) is 40.4 Å². The molecule has 2 rings (SSSR count). The highest BCUT2D eigenvalue weighted by atomic mass is 35.5. The third kappa shape index (κ3) is 3.24. The van der Waals surface area contributed by atoms with Gasteiger partial charge in [0.25, 0.3) is 5.56 Å². The molecule has 0 spiro atoms. The molecule has 1 amide bonds. The van der Waals surface area contributed by atoms with Crippen LogP contribution in [-0.2, 0) is 11.3 Å². The van der Waals surface area contributed by atoms with Crippen LogP contribution >= 0.6 is 11.6 Å². The van der Waals surface area contributed by atoms with Crippen LogP contribution in [0, 0.1) is 0 Å². The van der Waals surface area contributed by atoms with Crippen LogP contribution in [0.3, 0.4) is 0 Å². The zero-order valence-electron chi connectivity index (χ0n) is 12.1. The van der Waals surface area contributed by atoms with Gasteiger partial charge in [0, 0.05) is 20.0 Å². The molecule has 0 bridgehead atoms. The van der Waals surface area contributed by atoms with Crippen LogP contribution in [0.15, 0.2) is 29.1 Å². The van der Waals surface area contributed by atoms with Crippen molar-refractivity contribution >= 4 is 28.4 Å². The van der Waals surface area contributed by atoms with Crippen LogP contribution in [0.5, 0.6) is 0 Å². The molecule has 0 saturated heterocycles. The fraction of sp³-hybridized carbons (Fsp3) is 0.400. The highest BCUT2D eigenvalue weighted by Gasteiger charge is 2.17. The third-order valence-electron chi connectivity index (χ3n) is 3.37. The predicted molar refractivity (Wildman–Crippen MR) is 83.6 cm³/mol. The number of nitrogens with zero attached hydrogens (tertiary/aromatic N) is 2. The second-order valence-electron chi connectivity index (χ2n) is 4.74. The Balaban J connectivity index is 2.55. The van der Waals surface area contributed by atoms with Gasteiger partial charge in [-0.2, -0.15) is 0 Å². The minimum absolute atomic E-state index is 0.122. The molecule has 6 heteroatoms. The van der Waals surface area contributed by atoms with Crippen LogP contribution in [0.2, 0.25) is 0 Å². The number of para-hydroxylation sites is 1. The maximum absolute atomic E-state index is 12.6. The quantitative estimate of drug-likeness (QED) is 0.862. The Morgan fingerprint density at radius 3 is 2.81 bits per heavy atom. The Hall–Kier alpha value is -1.88. The zero-order chi connectivity index (χ0) is 15.4. The number of aromatic nitrogens is 2. The van der Waals surface area contributed by atoms with Gasteiger partial charge in [-0.25, -0.2) is 4.98 Å².